The van der Waals surface area contributed by atoms with Crippen LogP contribution in [0.1, 0.15) is 51.6 Å². The lowest BCUT2D eigenvalue weighted by Gasteiger charge is -2.25. The Kier molecular flexibility index (Phi) is 4.87. The van der Waals surface area contributed by atoms with Gasteiger partial charge in [0.05, 0.1) is 7.11 Å². The second kappa shape index (κ2) is 6.42. The monoisotopic (exact) mass is 261 g/mol. The van der Waals surface area contributed by atoms with Gasteiger partial charge < -0.3 is 10.1 Å². The predicted octanol–water partition coefficient (Wildman–Crippen LogP) is 4.17. The van der Waals surface area contributed by atoms with E-state index in [1.165, 1.54) is 24.8 Å². The topological polar surface area (TPSA) is 21.3 Å². The fraction of sp³-hybridized carbons (Fsp3) is 0.647. The molecule has 106 valence electrons. The van der Waals surface area contributed by atoms with Gasteiger partial charge in [0.1, 0.15) is 5.75 Å². The van der Waals surface area contributed by atoms with Gasteiger partial charge in [0.25, 0.3) is 0 Å². The van der Waals surface area contributed by atoms with Gasteiger partial charge in [-0.1, -0.05) is 32.4 Å². The SMILES string of the molecule is CCC1CCC(NC(C)c2ccc(OC)cc2)C1C. The first-order valence-corrected chi connectivity index (χ1v) is 7.55. The normalized spacial score (nSPS) is 28.3. The summed E-state index contributed by atoms with van der Waals surface area (Å²) in [6.45, 7) is 6.98. The molecule has 0 radical (unpaired) electrons. The number of methoxy groups -OCH3 is 1. The first kappa shape index (κ1) is 14.4. The summed E-state index contributed by atoms with van der Waals surface area (Å²) in [4.78, 5) is 0. The summed E-state index contributed by atoms with van der Waals surface area (Å²) in [6, 6.07) is 9.48. The van der Waals surface area contributed by atoms with Crippen LogP contribution >= 0.6 is 0 Å². The van der Waals surface area contributed by atoms with Gasteiger partial charge in [-0.2, -0.15) is 0 Å². The summed E-state index contributed by atoms with van der Waals surface area (Å²) in [5, 5.41) is 3.81. The minimum atomic E-state index is 0.411. The maximum Gasteiger partial charge on any atom is 0.118 e. The zero-order valence-corrected chi connectivity index (χ0v) is 12.6. The van der Waals surface area contributed by atoms with Crippen LogP contribution in [0.3, 0.4) is 0 Å². The van der Waals surface area contributed by atoms with E-state index in [0.717, 1.165) is 17.6 Å². The molecule has 0 aromatic heterocycles. The van der Waals surface area contributed by atoms with Gasteiger partial charge in [-0.05, 0) is 49.3 Å². The molecule has 1 fully saturated rings. The molecule has 1 saturated carbocycles. The average Bonchev–Trinajstić information content (AvgIpc) is 2.79. The highest BCUT2D eigenvalue weighted by molar-refractivity contribution is 5.28. The molecule has 2 rings (SSSR count). The summed E-state index contributed by atoms with van der Waals surface area (Å²) in [7, 11) is 1.71. The Balaban J connectivity index is 1.95. The summed E-state index contributed by atoms with van der Waals surface area (Å²) in [6.07, 6.45) is 4.01. The fourth-order valence-corrected chi connectivity index (χ4v) is 3.37. The number of nitrogens with one attached hydrogen (secondary N) is 1. The number of hydrogen-bond donors (Lipinski definition) is 1. The molecule has 1 aromatic rings. The third kappa shape index (κ3) is 3.30. The summed E-state index contributed by atoms with van der Waals surface area (Å²) >= 11 is 0. The molecule has 1 aliphatic carbocycles. The molecule has 1 aliphatic rings. The quantitative estimate of drug-likeness (QED) is 0.859. The Bertz CT molecular complexity index is 387. The highest BCUT2D eigenvalue weighted by Crippen LogP contribution is 2.35. The van der Waals surface area contributed by atoms with Crippen LogP contribution in [0, 0.1) is 11.8 Å². The van der Waals surface area contributed by atoms with Crippen LogP contribution in [0.15, 0.2) is 24.3 Å². The average molecular weight is 261 g/mol. The minimum absolute atomic E-state index is 0.411. The zero-order valence-electron chi connectivity index (χ0n) is 12.6. The molecule has 0 aliphatic heterocycles. The van der Waals surface area contributed by atoms with E-state index < -0.39 is 0 Å². The number of hydrogen-bond acceptors (Lipinski definition) is 2. The lowest BCUT2D eigenvalue weighted by Crippen LogP contribution is -2.34. The molecule has 4 atom stereocenters. The van der Waals surface area contributed by atoms with Crippen molar-refractivity contribution in [1.82, 2.24) is 5.32 Å². The Labute approximate surface area is 117 Å². The van der Waals surface area contributed by atoms with Crippen LogP contribution in [0.25, 0.3) is 0 Å². The van der Waals surface area contributed by atoms with Crippen LogP contribution in [0.4, 0.5) is 0 Å². The third-order valence-electron chi connectivity index (χ3n) is 4.83. The van der Waals surface area contributed by atoms with Crippen LogP contribution in [0.5, 0.6) is 5.75 Å². The first-order chi connectivity index (χ1) is 9.15. The van der Waals surface area contributed by atoms with E-state index in [0.29, 0.717) is 12.1 Å². The fourth-order valence-electron chi connectivity index (χ4n) is 3.37. The standard InChI is InChI=1S/C17H27NO/c1-5-14-8-11-17(12(14)2)18-13(3)15-6-9-16(19-4)10-7-15/h6-7,9-10,12-14,17-18H,5,8,11H2,1-4H3. The number of benzene rings is 1. The van der Waals surface area contributed by atoms with Gasteiger partial charge in [0.2, 0.25) is 0 Å². The molecule has 0 amide bonds. The van der Waals surface area contributed by atoms with Gasteiger partial charge in [-0.3, -0.25) is 0 Å². The summed E-state index contributed by atoms with van der Waals surface area (Å²) in [5.74, 6) is 2.63. The summed E-state index contributed by atoms with van der Waals surface area (Å²) in [5.41, 5.74) is 1.34. The highest BCUT2D eigenvalue weighted by atomic mass is 16.5. The van der Waals surface area contributed by atoms with Crippen molar-refractivity contribution in [3.05, 3.63) is 29.8 Å². The maximum atomic E-state index is 5.21. The molecule has 1 aromatic carbocycles. The number of ether oxygens (including phenoxy) is 1. The van der Waals surface area contributed by atoms with Crippen molar-refractivity contribution >= 4 is 0 Å². The van der Waals surface area contributed by atoms with Crippen molar-refractivity contribution < 1.29 is 4.74 Å². The molecular weight excluding hydrogens is 234 g/mol. The largest absolute Gasteiger partial charge is 0.497 e. The van der Waals surface area contributed by atoms with E-state index in [1.807, 2.05) is 12.1 Å². The Morgan fingerprint density at radius 2 is 1.95 bits per heavy atom. The van der Waals surface area contributed by atoms with Crippen molar-refractivity contribution in [2.45, 2.75) is 52.1 Å². The van der Waals surface area contributed by atoms with Gasteiger partial charge >= 0.3 is 0 Å². The lowest BCUT2D eigenvalue weighted by atomic mass is 9.93. The molecule has 0 bridgehead atoms. The van der Waals surface area contributed by atoms with Crippen molar-refractivity contribution in [1.29, 1.82) is 0 Å². The van der Waals surface area contributed by atoms with Gasteiger partial charge in [0.15, 0.2) is 0 Å². The van der Waals surface area contributed by atoms with Crippen LogP contribution in [-0.4, -0.2) is 13.2 Å². The highest BCUT2D eigenvalue weighted by Gasteiger charge is 2.32. The van der Waals surface area contributed by atoms with Crippen molar-refractivity contribution in [3.8, 4) is 5.75 Å². The first-order valence-electron chi connectivity index (χ1n) is 7.55. The second-order valence-electron chi connectivity index (χ2n) is 5.87. The smallest absolute Gasteiger partial charge is 0.118 e. The van der Waals surface area contributed by atoms with Crippen molar-refractivity contribution in [3.63, 3.8) is 0 Å². The zero-order chi connectivity index (χ0) is 13.8. The van der Waals surface area contributed by atoms with E-state index in [4.69, 9.17) is 4.74 Å². The van der Waals surface area contributed by atoms with E-state index in [9.17, 15) is 0 Å². The van der Waals surface area contributed by atoms with E-state index in [1.54, 1.807) is 7.11 Å². The maximum absolute atomic E-state index is 5.21. The molecule has 1 N–H and O–H groups in total. The van der Waals surface area contributed by atoms with Crippen LogP contribution < -0.4 is 10.1 Å². The minimum Gasteiger partial charge on any atom is -0.497 e. The Morgan fingerprint density at radius 1 is 1.26 bits per heavy atom. The predicted molar refractivity (Wildman–Crippen MR) is 80.5 cm³/mol. The number of rotatable bonds is 5. The molecule has 2 nitrogen and oxygen atoms in total. The molecule has 2 heteroatoms. The summed E-state index contributed by atoms with van der Waals surface area (Å²) < 4.78 is 5.21. The molecule has 19 heavy (non-hydrogen) atoms. The van der Waals surface area contributed by atoms with E-state index >= 15 is 0 Å². The molecule has 0 saturated heterocycles. The Morgan fingerprint density at radius 3 is 2.47 bits per heavy atom. The molecule has 0 heterocycles. The third-order valence-corrected chi connectivity index (χ3v) is 4.83. The van der Waals surface area contributed by atoms with Crippen molar-refractivity contribution in [2.24, 2.45) is 11.8 Å². The van der Waals surface area contributed by atoms with Gasteiger partial charge in [-0.15, -0.1) is 0 Å². The van der Waals surface area contributed by atoms with E-state index in [2.05, 4.69) is 38.2 Å². The van der Waals surface area contributed by atoms with Crippen LogP contribution in [0.2, 0.25) is 0 Å². The Hall–Kier alpha value is -1.02. The van der Waals surface area contributed by atoms with E-state index in [-0.39, 0.29) is 0 Å². The second-order valence-corrected chi connectivity index (χ2v) is 5.87. The molecule has 4 unspecified atom stereocenters. The van der Waals surface area contributed by atoms with Gasteiger partial charge in [0, 0.05) is 12.1 Å². The van der Waals surface area contributed by atoms with Crippen LogP contribution in [-0.2, 0) is 0 Å². The van der Waals surface area contributed by atoms with Gasteiger partial charge in [-0.25, -0.2) is 0 Å². The van der Waals surface area contributed by atoms with Crippen molar-refractivity contribution in [2.75, 3.05) is 7.11 Å². The molecular formula is C17H27NO. The lowest BCUT2D eigenvalue weighted by molar-refractivity contribution is 0.327. The molecule has 0 spiro atoms.